The molecule has 0 atom stereocenters. The van der Waals surface area contributed by atoms with Crippen LogP contribution in [-0.4, -0.2) is 61.4 Å². The summed E-state index contributed by atoms with van der Waals surface area (Å²) in [5, 5.41) is 0. The number of likely N-dealkylation sites (N-methyl/N-ethyl adjacent to an activating group) is 1. The Hall–Kier alpha value is -2.66. The van der Waals surface area contributed by atoms with Crippen LogP contribution in [0.3, 0.4) is 0 Å². The van der Waals surface area contributed by atoms with Gasteiger partial charge in [-0.15, -0.1) is 0 Å². The van der Waals surface area contributed by atoms with Gasteiger partial charge in [0.2, 0.25) is 5.91 Å². The minimum atomic E-state index is 0.132. The van der Waals surface area contributed by atoms with Crippen molar-refractivity contribution in [1.82, 2.24) is 9.80 Å². The highest BCUT2D eigenvalue weighted by Crippen LogP contribution is 2.33. The van der Waals surface area contributed by atoms with E-state index in [9.17, 15) is 9.59 Å². The summed E-state index contributed by atoms with van der Waals surface area (Å²) in [7, 11) is 4.06. The van der Waals surface area contributed by atoms with Crippen molar-refractivity contribution in [3.05, 3.63) is 64.7 Å². The number of amides is 2. The van der Waals surface area contributed by atoms with Crippen molar-refractivity contribution in [2.45, 2.75) is 51.5 Å². The van der Waals surface area contributed by atoms with Gasteiger partial charge in [0.05, 0.1) is 0 Å². The molecule has 0 aliphatic carbocycles. The van der Waals surface area contributed by atoms with Gasteiger partial charge in [0.1, 0.15) is 0 Å². The lowest BCUT2D eigenvalue weighted by molar-refractivity contribution is -0.118. The van der Waals surface area contributed by atoms with Crippen LogP contribution in [0.4, 0.5) is 5.69 Å². The van der Waals surface area contributed by atoms with Crippen molar-refractivity contribution in [3.8, 4) is 0 Å². The Balaban J connectivity index is 1.38. The smallest absolute Gasteiger partial charge is 0.253 e. The molecule has 1 fully saturated rings. The molecule has 5 nitrogen and oxygen atoms in total. The molecule has 4 rings (SSSR count). The Morgan fingerprint density at radius 2 is 1.81 bits per heavy atom. The predicted octanol–water partition coefficient (Wildman–Crippen LogP) is 3.94. The number of anilines is 1. The fraction of sp³-hybridized carbons (Fsp3) is 0.481. The number of carbonyl (C=O) groups excluding carboxylic acids is 2. The van der Waals surface area contributed by atoms with Gasteiger partial charge in [-0.3, -0.25) is 9.59 Å². The molecule has 32 heavy (non-hydrogen) atoms. The van der Waals surface area contributed by atoms with E-state index in [0.29, 0.717) is 12.5 Å². The molecule has 0 radical (unpaired) electrons. The first-order valence-corrected chi connectivity index (χ1v) is 11.9. The zero-order chi connectivity index (χ0) is 22.7. The number of carbonyl (C=O) groups is 2. The highest BCUT2D eigenvalue weighted by atomic mass is 16.2. The number of benzene rings is 2. The Morgan fingerprint density at radius 1 is 1.09 bits per heavy atom. The lowest BCUT2D eigenvalue weighted by atomic mass is 9.93. The third kappa shape index (κ3) is 4.73. The number of hydrogen-bond acceptors (Lipinski definition) is 3. The third-order valence-corrected chi connectivity index (χ3v) is 7.18. The minimum Gasteiger partial charge on any atom is -0.339 e. The van der Waals surface area contributed by atoms with Crippen LogP contribution < -0.4 is 4.90 Å². The summed E-state index contributed by atoms with van der Waals surface area (Å²) in [5.74, 6) is 0.289. The summed E-state index contributed by atoms with van der Waals surface area (Å²) >= 11 is 0. The number of likely N-dealkylation sites (tertiary alicyclic amines) is 1. The van der Waals surface area contributed by atoms with Crippen molar-refractivity contribution in [1.29, 1.82) is 0 Å². The fourth-order valence-corrected chi connectivity index (χ4v) is 5.13. The molecule has 2 aliphatic rings. The maximum atomic E-state index is 13.3. The summed E-state index contributed by atoms with van der Waals surface area (Å²) in [4.78, 5) is 31.7. The lowest BCUT2D eigenvalue weighted by Gasteiger charge is -2.37. The Labute approximate surface area is 192 Å². The van der Waals surface area contributed by atoms with Crippen molar-refractivity contribution in [2.75, 3.05) is 38.6 Å². The number of fused-ring (bicyclic) bond motifs is 1. The molecule has 2 aromatic carbocycles. The summed E-state index contributed by atoms with van der Waals surface area (Å²) in [6.07, 6.45) is 5.14. The zero-order valence-corrected chi connectivity index (χ0v) is 19.6. The summed E-state index contributed by atoms with van der Waals surface area (Å²) in [6, 6.07) is 15.2. The van der Waals surface area contributed by atoms with Crippen LogP contribution in [-0.2, 0) is 24.1 Å². The first kappa shape index (κ1) is 22.5. The number of aryl methyl sites for hydroxylation is 2. The molecular formula is C27H35N3O2. The van der Waals surface area contributed by atoms with Crippen molar-refractivity contribution in [3.63, 3.8) is 0 Å². The average Bonchev–Trinajstić information content (AvgIpc) is 2.84. The van der Waals surface area contributed by atoms with E-state index < -0.39 is 0 Å². The number of nitrogens with zero attached hydrogens (tertiary/aromatic N) is 3. The van der Waals surface area contributed by atoms with E-state index in [1.165, 1.54) is 5.56 Å². The first-order valence-electron chi connectivity index (χ1n) is 11.9. The molecule has 2 heterocycles. The van der Waals surface area contributed by atoms with Crippen LogP contribution in [0.5, 0.6) is 0 Å². The monoisotopic (exact) mass is 433 g/mol. The van der Waals surface area contributed by atoms with Crippen LogP contribution in [0, 0.1) is 0 Å². The van der Waals surface area contributed by atoms with Crippen molar-refractivity contribution < 1.29 is 9.59 Å². The quantitative estimate of drug-likeness (QED) is 0.693. The molecule has 0 spiro atoms. The van der Waals surface area contributed by atoms with Crippen LogP contribution in [0.15, 0.2) is 42.5 Å². The van der Waals surface area contributed by atoms with E-state index in [0.717, 1.165) is 74.1 Å². The Morgan fingerprint density at radius 3 is 2.50 bits per heavy atom. The van der Waals surface area contributed by atoms with Gasteiger partial charge in [-0.1, -0.05) is 37.3 Å². The molecular weight excluding hydrogens is 398 g/mol. The van der Waals surface area contributed by atoms with Gasteiger partial charge in [-0.25, -0.2) is 0 Å². The molecule has 0 N–H and O–H groups in total. The van der Waals surface area contributed by atoms with Gasteiger partial charge in [-0.2, -0.15) is 0 Å². The molecule has 1 saturated heterocycles. The van der Waals surface area contributed by atoms with Gasteiger partial charge < -0.3 is 14.7 Å². The normalized spacial score (nSPS) is 17.1. The molecule has 170 valence electrons. The minimum absolute atomic E-state index is 0.132. The standard InChI is InChI=1S/C27H35N3O2/c1-4-21-18-23(19-22-10-11-25(31)29(3)26(21)22)27(32)30-16-13-24(14-17-30)28(2)15-12-20-8-6-5-7-9-20/h5-9,18-19,24H,4,10-17H2,1-3H3. The second kappa shape index (κ2) is 9.86. The Kier molecular flexibility index (Phi) is 6.95. The maximum absolute atomic E-state index is 13.3. The van der Waals surface area contributed by atoms with Crippen molar-refractivity contribution in [2.24, 2.45) is 0 Å². The van der Waals surface area contributed by atoms with E-state index >= 15 is 0 Å². The lowest BCUT2D eigenvalue weighted by Crippen LogP contribution is -2.46. The number of rotatable bonds is 6. The van der Waals surface area contributed by atoms with E-state index in [1.807, 2.05) is 24.1 Å². The van der Waals surface area contributed by atoms with Crippen LogP contribution in [0.25, 0.3) is 0 Å². The van der Waals surface area contributed by atoms with E-state index in [2.05, 4.69) is 49.2 Å². The molecule has 0 aromatic heterocycles. The highest BCUT2D eigenvalue weighted by Gasteiger charge is 2.29. The van der Waals surface area contributed by atoms with Gasteiger partial charge >= 0.3 is 0 Å². The zero-order valence-electron chi connectivity index (χ0n) is 19.6. The highest BCUT2D eigenvalue weighted by molar-refractivity contribution is 6.00. The van der Waals surface area contributed by atoms with E-state index in [-0.39, 0.29) is 11.8 Å². The summed E-state index contributed by atoms with van der Waals surface area (Å²) < 4.78 is 0. The molecule has 2 amide bonds. The predicted molar refractivity (Wildman–Crippen MR) is 129 cm³/mol. The van der Waals surface area contributed by atoms with Gasteiger partial charge in [-0.05, 0) is 68.0 Å². The van der Waals surface area contributed by atoms with Crippen LogP contribution >= 0.6 is 0 Å². The van der Waals surface area contributed by atoms with Gasteiger partial charge in [0.15, 0.2) is 0 Å². The molecule has 5 heteroatoms. The largest absolute Gasteiger partial charge is 0.339 e. The number of piperidine rings is 1. The molecule has 0 saturated carbocycles. The van der Waals surface area contributed by atoms with Crippen LogP contribution in [0.1, 0.15) is 53.2 Å². The SMILES string of the molecule is CCc1cc(C(=O)N2CCC(N(C)CCc3ccccc3)CC2)cc2c1N(C)C(=O)CC2. The van der Waals surface area contributed by atoms with Gasteiger partial charge in [0, 0.05) is 50.4 Å². The molecule has 2 aliphatic heterocycles. The van der Waals surface area contributed by atoms with E-state index in [4.69, 9.17) is 0 Å². The summed E-state index contributed by atoms with van der Waals surface area (Å²) in [6.45, 7) is 4.74. The van der Waals surface area contributed by atoms with Crippen LogP contribution in [0.2, 0.25) is 0 Å². The van der Waals surface area contributed by atoms with Crippen molar-refractivity contribution >= 4 is 17.5 Å². The maximum Gasteiger partial charge on any atom is 0.253 e. The second-order valence-electron chi connectivity index (χ2n) is 9.19. The second-order valence-corrected chi connectivity index (χ2v) is 9.19. The third-order valence-electron chi connectivity index (χ3n) is 7.18. The average molecular weight is 434 g/mol. The Bertz CT molecular complexity index is 947. The summed E-state index contributed by atoms with van der Waals surface area (Å²) in [5.41, 5.74) is 5.39. The van der Waals surface area contributed by atoms with E-state index in [1.54, 1.807) is 4.90 Å². The molecule has 2 aromatic rings. The topological polar surface area (TPSA) is 43.9 Å². The molecule has 0 bridgehead atoms. The number of hydrogen-bond donors (Lipinski definition) is 0. The molecule has 0 unspecified atom stereocenters. The fourth-order valence-electron chi connectivity index (χ4n) is 5.13. The van der Waals surface area contributed by atoms with Gasteiger partial charge in [0.25, 0.3) is 5.91 Å². The first-order chi connectivity index (χ1) is 15.5.